The molecule has 0 radical (unpaired) electrons. The normalized spacial score (nSPS) is 12.3. The zero-order valence-corrected chi connectivity index (χ0v) is 17.0. The van der Waals surface area contributed by atoms with Gasteiger partial charge in [-0.3, -0.25) is 45.0 Å². The Morgan fingerprint density at radius 1 is 0.788 bits per heavy atom. The van der Waals surface area contributed by atoms with Crippen LogP contribution >= 0.6 is 0 Å². The van der Waals surface area contributed by atoms with Crippen LogP contribution in [0.15, 0.2) is 72.8 Å². The first kappa shape index (κ1) is 21.4. The maximum Gasteiger partial charge on any atom is 0.270 e. The van der Waals surface area contributed by atoms with Crippen LogP contribution in [-0.4, -0.2) is 33.5 Å². The van der Waals surface area contributed by atoms with E-state index in [1.807, 2.05) is 0 Å². The van der Waals surface area contributed by atoms with Gasteiger partial charge in [-0.05, 0) is 35.9 Å². The fraction of sp³-hybridized carbons (Fsp3) is 0.0435. The minimum Gasteiger partial charge on any atom is -0.270 e. The average molecular weight is 444 g/mol. The Balaban J connectivity index is 1.42. The van der Waals surface area contributed by atoms with E-state index in [4.69, 9.17) is 0 Å². The van der Waals surface area contributed by atoms with Crippen molar-refractivity contribution in [2.45, 2.75) is 6.54 Å². The third-order valence-electron chi connectivity index (χ3n) is 5.02. The molecule has 10 heteroatoms. The van der Waals surface area contributed by atoms with Gasteiger partial charge in [-0.2, -0.15) is 0 Å². The van der Waals surface area contributed by atoms with Crippen LogP contribution in [0.5, 0.6) is 0 Å². The third kappa shape index (κ3) is 4.30. The summed E-state index contributed by atoms with van der Waals surface area (Å²) in [5.74, 6) is -2.18. The number of hydrogen-bond donors (Lipinski definition) is 2. The van der Waals surface area contributed by atoms with Crippen LogP contribution in [0, 0.1) is 10.1 Å². The predicted octanol–water partition coefficient (Wildman–Crippen LogP) is 2.47. The quantitative estimate of drug-likeness (QED) is 0.352. The summed E-state index contributed by atoms with van der Waals surface area (Å²) in [6, 6.07) is 17.9. The van der Waals surface area contributed by atoms with Crippen LogP contribution in [0.4, 0.5) is 5.69 Å². The third-order valence-corrected chi connectivity index (χ3v) is 5.02. The minimum atomic E-state index is -0.728. The highest BCUT2D eigenvalue weighted by atomic mass is 16.6. The van der Waals surface area contributed by atoms with E-state index in [1.165, 1.54) is 30.3 Å². The van der Waals surface area contributed by atoms with E-state index >= 15 is 0 Å². The summed E-state index contributed by atoms with van der Waals surface area (Å²) >= 11 is 0. The molecule has 0 fully saturated rings. The molecule has 4 amide bonds. The lowest BCUT2D eigenvalue weighted by molar-refractivity contribution is -0.384. The number of benzene rings is 3. The Morgan fingerprint density at radius 3 is 1.91 bits per heavy atom. The number of fused-ring (bicyclic) bond motifs is 1. The summed E-state index contributed by atoms with van der Waals surface area (Å²) in [4.78, 5) is 61.1. The first-order chi connectivity index (χ1) is 15.8. The van der Waals surface area contributed by atoms with Crippen LogP contribution in [0.25, 0.3) is 0 Å². The zero-order chi connectivity index (χ0) is 23.5. The van der Waals surface area contributed by atoms with Gasteiger partial charge >= 0.3 is 0 Å². The summed E-state index contributed by atoms with van der Waals surface area (Å²) in [6.07, 6.45) is 0. The fourth-order valence-electron chi connectivity index (χ4n) is 3.39. The molecule has 0 aromatic heterocycles. The van der Waals surface area contributed by atoms with Crippen molar-refractivity contribution in [3.63, 3.8) is 0 Å². The lowest BCUT2D eigenvalue weighted by Gasteiger charge is -2.14. The molecule has 0 unspecified atom stereocenters. The van der Waals surface area contributed by atoms with Crippen LogP contribution < -0.4 is 10.9 Å². The predicted molar refractivity (Wildman–Crippen MR) is 115 cm³/mol. The maximum atomic E-state index is 12.5. The number of amides is 4. The summed E-state index contributed by atoms with van der Waals surface area (Å²) in [5.41, 5.74) is 5.59. The average Bonchev–Trinajstić information content (AvgIpc) is 3.07. The molecule has 2 N–H and O–H groups in total. The molecule has 1 aliphatic rings. The number of carbonyl (C=O) groups excluding carboxylic acids is 4. The number of nitro groups is 1. The van der Waals surface area contributed by atoms with Gasteiger partial charge in [0.15, 0.2) is 0 Å². The minimum absolute atomic E-state index is 0.00359. The van der Waals surface area contributed by atoms with Gasteiger partial charge in [-0.1, -0.05) is 30.3 Å². The van der Waals surface area contributed by atoms with E-state index < -0.39 is 28.6 Å². The molecule has 3 aromatic rings. The van der Waals surface area contributed by atoms with Crippen molar-refractivity contribution >= 4 is 29.3 Å². The Bertz CT molecular complexity index is 1280. The fourth-order valence-corrected chi connectivity index (χ4v) is 3.39. The van der Waals surface area contributed by atoms with Crippen LogP contribution in [0.3, 0.4) is 0 Å². The molecular weight excluding hydrogens is 428 g/mol. The number of hydrazine groups is 1. The number of nitro benzene ring substituents is 1. The highest BCUT2D eigenvalue weighted by molar-refractivity contribution is 6.21. The second-order valence-corrected chi connectivity index (χ2v) is 7.16. The first-order valence-corrected chi connectivity index (χ1v) is 9.74. The van der Waals surface area contributed by atoms with Gasteiger partial charge in [0.1, 0.15) is 0 Å². The highest BCUT2D eigenvalue weighted by Crippen LogP contribution is 2.24. The molecule has 1 heterocycles. The Morgan fingerprint density at radius 2 is 1.33 bits per heavy atom. The molecule has 164 valence electrons. The number of carbonyl (C=O) groups is 4. The summed E-state index contributed by atoms with van der Waals surface area (Å²) in [7, 11) is 0. The largest absolute Gasteiger partial charge is 0.270 e. The van der Waals surface area contributed by atoms with Crippen LogP contribution in [0.1, 0.15) is 47.0 Å². The molecule has 1 aliphatic heterocycles. The maximum absolute atomic E-state index is 12.5. The van der Waals surface area contributed by atoms with E-state index in [9.17, 15) is 29.3 Å². The summed E-state index contributed by atoms with van der Waals surface area (Å²) in [5, 5.41) is 10.8. The van der Waals surface area contributed by atoms with Crippen molar-refractivity contribution in [1.82, 2.24) is 15.8 Å². The smallest absolute Gasteiger partial charge is 0.270 e. The van der Waals surface area contributed by atoms with Gasteiger partial charge in [0, 0.05) is 23.3 Å². The topological polar surface area (TPSA) is 139 Å². The van der Waals surface area contributed by atoms with Gasteiger partial charge in [0.2, 0.25) is 0 Å². The van der Waals surface area contributed by atoms with Crippen molar-refractivity contribution in [2.75, 3.05) is 0 Å². The number of imide groups is 1. The van der Waals surface area contributed by atoms with Gasteiger partial charge in [-0.25, -0.2) is 0 Å². The molecule has 0 aliphatic carbocycles. The molecule has 4 rings (SSSR count). The molecule has 0 saturated carbocycles. The van der Waals surface area contributed by atoms with Crippen LogP contribution in [-0.2, 0) is 6.54 Å². The molecule has 33 heavy (non-hydrogen) atoms. The van der Waals surface area contributed by atoms with E-state index in [2.05, 4.69) is 10.9 Å². The Hall–Kier alpha value is -4.86. The number of non-ortho nitro benzene ring substituents is 1. The lowest BCUT2D eigenvalue weighted by atomic mass is 10.1. The molecular formula is C23H16N4O6. The van der Waals surface area contributed by atoms with Crippen molar-refractivity contribution < 1.29 is 24.1 Å². The zero-order valence-electron chi connectivity index (χ0n) is 17.0. The standard InChI is InChI=1S/C23H16N4O6/c28-20(24-25-21(29)16-7-4-8-17(12-16)27(32)33)15-6-3-5-14(11-15)13-26-22(30)18-9-1-2-10-19(18)23(26)31/h1-12H,13H2,(H,24,28)(H,25,29). The van der Waals surface area contributed by atoms with E-state index in [0.717, 1.165) is 11.0 Å². The van der Waals surface area contributed by atoms with Crippen LogP contribution in [0.2, 0.25) is 0 Å². The van der Waals surface area contributed by atoms with E-state index in [0.29, 0.717) is 16.7 Å². The number of nitrogens with zero attached hydrogens (tertiary/aromatic N) is 2. The molecule has 0 spiro atoms. The van der Waals surface area contributed by atoms with Crippen molar-refractivity contribution in [2.24, 2.45) is 0 Å². The molecule has 3 aromatic carbocycles. The second kappa shape index (κ2) is 8.71. The SMILES string of the molecule is O=C(NNC(=O)c1cccc([N+](=O)[O-])c1)c1cccc(CN2C(=O)c3ccccc3C2=O)c1. The molecule has 0 bridgehead atoms. The number of nitrogens with one attached hydrogen (secondary N) is 2. The molecule has 0 atom stereocenters. The Kier molecular flexibility index (Phi) is 5.64. The molecule has 0 saturated heterocycles. The first-order valence-electron chi connectivity index (χ1n) is 9.74. The number of hydrogen-bond acceptors (Lipinski definition) is 6. The van der Waals surface area contributed by atoms with Gasteiger partial charge < -0.3 is 0 Å². The highest BCUT2D eigenvalue weighted by Gasteiger charge is 2.35. The van der Waals surface area contributed by atoms with Gasteiger partial charge in [0.25, 0.3) is 29.3 Å². The summed E-state index contributed by atoms with van der Waals surface area (Å²) < 4.78 is 0. The van der Waals surface area contributed by atoms with Crippen molar-refractivity contribution in [1.29, 1.82) is 0 Å². The van der Waals surface area contributed by atoms with Crippen molar-refractivity contribution in [3.8, 4) is 0 Å². The Labute approximate surface area is 186 Å². The second-order valence-electron chi connectivity index (χ2n) is 7.16. The molecule has 10 nitrogen and oxygen atoms in total. The number of rotatable bonds is 5. The summed E-state index contributed by atoms with van der Waals surface area (Å²) in [6.45, 7) is -0.0203. The monoisotopic (exact) mass is 444 g/mol. The van der Waals surface area contributed by atoms with Crippen molar-refractivity contribution in [3.05, 3.63) is 111 Å². The van der Waals surface area contributed by atoms with E-state index in [1.54, 1.807) is 36.4 Å². The van der Waals surface area contributed by atoms with Gasteiger partial charge in [0.05, 0.1) is 22.6 Å². The lowest BCUT2D eigenvalue weighted by Crippen LogP contribution is -2.41. The van der Waals surface area contributed by atoms with Gasteiger partial charge in [-0.15, -0.1) is 0 Å². The van der Waals surface area contributed by atoms with E-state index in [-0.39, 0.29) is 23.4 Å².